The predicted molar refractivity (Wildman–Crippen MR) is 59.9 cm³/mol. The summed E-state index contributed by atoms with van der Waals surface area (Å²) < 4.78 is 0. The summed E-state index contributed by atoms with van der Waals surface area (Å²) in [5, 5.41) is 0.233. The minimum atomic E-state index is 0.233. The lowest BCUT2D eigenvalue weighted by molar-refractivity contribution is 0.843. The Balaban J connectivity index is 2.56. The number of halogens is 1. The minimum Gasteiger partial charge on any atom is -0.126 e. The van der Waals surface area contributed by atoms with Crippen molar-refractivity contribution in [3.05, 3.63) is 28.8 Å². The van der Waals surface area contributed by atoms with Crippen molar-refractivity contribution in [3.63, 3.8) is 0 Å². The van der Waals surface area contributed by atoms with E-state index in [9.17, 15) is 0 Å². The summed E-state index contributed by atoms with van der Waals surface area (Å²) in [6, 6.07) is 4.47. The van der Waals surface area contributed by atoms with Crippen LogP contribution >= 0.6 is 23.4 Å². The molecular formula is C11H13ClS. The van der Waals surface area contributed by atoms with Gasteiger partial charge in [-0.3, -0.25) is 0 Å². The van der Waals surface area contributed by atoms with Gasteiger partial charge in [0.05, 0.1) is 5.38 Å². The van der Waals surface area contributed by atoms with Gasteiger partial charge in [0.1, 0.15) is 0 Å². The average molecular weight is 213 g/mol. The average Bonchev–Trinajstić information content (AvgIpc) is 2.02. The lowest BCUT2D eigenvalue weighted by Gasteiger charge is -2.22. The molecule has 1 atom stereocenters. The summed E-state index contributed by atoms with van der Waals surface area (Å²) in [6.45, 7) is 4.30. The van der Waals surface area contributed by atoms with E-state index in [4.69, 9.17) is 11.6 Å². The Morgan fingerprint density at radius 1 is 1.38 bits per heavy atom. The van der Waals surface area contributed by atoms with E-state index in [1.54, 1.807) is 0 Å². The first-order valence-electron chi connectivity index (χ1n) is 4.56. The molecule has 0 aromatic heterocycles. The molecule has 0 radical (unpaired) electrons. The Morgan fingerprint density at radius 3 is 2.92 bits per heavy atom. The summed E-state index contributed by atoms with van der Waals surface area (Å²) in [6.07, 6.45) is 1.10. The fourth-order valence-electron chi connectivity index (χ4n) is 1.88. The Kier molecular flexibility index (Phi) is 2.57. The molecule has 1 aliphatic heterocycles. The molecule has 1 aromatic carbocycles. The van der Waals surface area contributed by atoms with Gasteiger partial charge in [0.25, 0.3) is 0 Å². The number of fused-ring (bicyclic) bond motifs is 1. The topological polar surface area (TPSA) is 0 Å². The second-order valence-corrected chi connectivity index (χ2v) is 5.26. The van der Waals surface area contributed by atoms with Crippen molar-refractivity contribution >= 4 is 23.4 Å². The van der Waals surface area contributed by atoms with Crippen LogP contribution in [0.5, 0.6) is 0 Å². The van der Waals surface area contributed by atoms with Gasteiger partial charge in [0.2, 0.25) is 0 Å². The molecule has 2 rings (SSSR count). The van der Waals surface area contributed by atoms with Gasteiger partial charge in [-0.05, 0) is 48.8 Å². The van der Waals surface area contributed by atoms with Gasteiger partial charge < -0.3 is 0 Å². The molecule has 0 saturated carbocycles. The maximum absolute atomic E-state index is 6.29. The standard InChI is InChI=1S/C11H13ClS/c1-7-5-8(2)11-9(12)3-4-13-10(11)6-7/h5-6,9H,3-4H2,1-2H3. The Labute approximate surface area is 88.7 Å². The molecule has 0 bridgehead atoms. The first kappa shape index (κ1) is 9.42. The minimum absolute atomic E-state index is 0.233. The molecule has 1 heterocycles. The molecule has 1 aliphatic rings. The first-order valence-corrected chi connectivity index (χ1v) is 5.98. The lowest BCUT2D eigenvalue weighted by Crippen LogP contribution is -2.04. The van der Waals surface area contributed by atoms with Gasteiger partial charge in [-0.1, -0.05) is 6.07 Å². The van der Waals surface area contributed by atoms with Crippen LogP contribution in [0.4, 0.5) is 0 Å². The van der Waals surface area contributed by atoms with Crippen LogP contribution in [0.1, 0.15) is 28.5 Å². The summed E-state index contributed by atoms with van der Waals surface area (Å²) in [5.74, 6) is 1.16. The number of thioether (sulfide) groups is 1. The van der Waals surface area contributed by atoms with Crippen LogP contribution in [0.15, 0.2) is 17.0 Å². The van der Waals surface area contributed by atoms with Gasteiger partial charge >= 0.3 is 0 Å². The summed E-state index contributed by atoms with van der Waals surface area (Å²) >= 11 is 8.23. The van der Waals surface area contributed by atoms with Crippen LogP contribution in [0, 0.1) is 13.8 Å². The van der Waals surface area contributed by atoms with Crippen molar-refractivity contribution in [2.75, 3.05) is 5.75 Å². The molecule has 1 unspecified atom stereocenters. The zero-order valence-electron chi connectivity index (χ0n) is 7.93. The van der Waals surface area contributed by atoms with Gasteiger partial charge in [0.15, 0.2) is 0 Å². The van der Waals surface area contributed by atoms with Crippen molar-refractivity contribution in [1.82, 2.24) is 0 Å². The molecule has 0 amide bonds. The normalized spacial score (nSPS) is 21.3. The Hall–Kier alpha value is -0.140. The molecular weight excluding hydrogens is 200 g/mol. The van der Waals surface area contributed by atoms with Gasteiger partial charge in [-0.2, -0.15) is 0 Å². The molecule has 1 aromatic rings. The summed E-state index contributed by atoms with van der Waals surface area (Å²) in [4.78, 5) is 1.39. The van der Waals surface area contributed by atoms with E-state index >= 15 is 0 Å². The van der Waals surface area contributed by atoms with E-state index in [2.05, 4.69) is 26.0 Å². The van der Waals surface area contributed by atoms with E-state index in [0.29, 0.717) is 0 Å². The number of benzene rings is 1. The van der Waals surface area contributed by atoms with Crippen molar-refractivity contribution < 1.29 is 0 Å². The third-order valence-electron chi connectivity index (χ3n) is 2.44. The third kappa shape index (κ3) is 1.72. The van der Waals surface area contributed by atoms with Crippen LogP contribution in [-0.4, -0.2) is 5.75 Å². The van der Waals surface area contributed by atoms with Crippen LogP contribution in [-0.2, 0) is 0 Å². The van der Waals surface area contributed by atoms with E-state index in [1.807, 2.05) is 11.8 Å². The zero-order chi connectivity index (χ0) is 9.42. The quantitative estimate of drug-likeness (QED) is 0.584. The summed E-state index contributed by atoms with van der Waals surface area (Å²) in [5.41, 5.74) is 4.06. The number of aryl methyl sites for hydroxylation is 2. The van der Waals surface area contributed by atoms with Crippen LogP contribution in [0.25, 0.3) is 0 Å². The number of rotatable bonds is 0. The largest absolute Gasteiger partial charge is 0.126 e. The lowest BCUT2D eigenvalue weighted by atomic mass is 10.0. The number of hydrogen-bond donors (Lipinski definition) is 0. The van der Waals surface area contributed by atoms with E-state index < -0.39 is 0 Å². The second kappa shape index (κ2) is 3.55. The molecule has 70 valence electrons. The number of hydrogen-bond acceptors (Lipinski definition) is 1. The molecule has 0 spiro atoms. The molecule has 0 fully saturated rings. The molecule has 0 nitrogen and oxygen atoms in total. The maximum Gasteiger partial charge on any atom is 0.0606 e. The monoisotopic (exact) mass is 212 g/mol. The highest BCUT2D eigenvalue weighted by Crippen LogP contribution is 2.41. The number of alkyl halides is 1. The smallest absolute Gasteiger partial charge is 0.0606 e. The van der Waals surface area contributed by atoms with E-state index in [0.717, 1.165) is 12.2 Å². The predicted octanol–water partition coefficient (Wildman–Crippen LogP) is 4.08. The highest BCUT2D eigenvalue weighted by atomic mass is 35.5. The SMILES string of the molecule is Cc1cc(C)c2c(c1)SCCC2Cl. The van der Waals surface area contributed by atoms with Crippen molar-refractivity contribution in [1.29, 1.82) is 0 Å². The molecule has 13 heavy (non-hydrogen) atoms. The van der Waals surface area contributed by atoms with Crippen LogP contribution < -0.4 is 0 Å². The van der Waals surface area contributed by atoms with Crippen LogP contribution in [0.3, 0.4) is 0 Å². The molecule has 2 heteroatoms. The Bertz CT molecular complexity index is 333. The highest BCUT2D eigenvalue weighted by molar-refractivity contribution is 7.99. The third-order valence-corrected chi connectivity index (χ3v) is 3.96. The molecule has 0 saturated heterocycles. The molecule has 0 aliphatic carbocycles. The zero-order valence-corrected chi connectivity index (χ0v) is 9.50. The van der Waals surface area contributed by atoms with Gasteiger partial charge in [-0.25, -0.2) is 0 Å². The van der Waals surface area contributed by atoms with Crippen LogP contribution in [0.2, 0.25) is 0 Å². The van der Waals surface area contributed by atoms with E-state index in [-0.39, 0.29) is 5.38 Å². The van der Waals surface area contributed by atoms with Crippen molar-refractivity contribution in [2.45, 2.75) is 30.5 Å². The van der Waals surface area contributed by atoms with E-state index in [1.165, 1.54) is 21.6 Å². The fourth-order valence-corrected chi connectivity index (χ4v) is 3.77. The molecule has 0 N–H and O–H groups in total. The fraction of sp³-hybridized carbons (Fsp3) is 0.455. The summed E-state index contributed by atoms with van der Waals surface area (Å²) in [7, 11) is 0. The van der Waals surface area contributed by atoms with Crippen molar-refractivity contribution in [2.24, 2.45) is 0 Å². The highest BCUT2D eigenvalue weighted by Gasteiger charge is 2.20. The van der Waals surface area contributed by atoms with Crippen molar-refractivity contribution in [3.8, 4) is 0 Å². The van der Waals surface area contributed by atoms with Gasteiger partial charge in [0, 0.05) is 4.90 Å². The second-order valence-electron chi connectivity index (χ2n) is 3.60. The Morgan fingerprint density at radius 2 is 2.15 bits per heavy atom. The first-order chi connectivity index (χ1) is 6.18. The van der Waals surface area contributed by atoms with Gasteiger partial charge in [-0.15, -0.1) is 23.4 Å². The maximum atomic E-state index is 6.29.